The maximum absolute atomic E-state index is 13.2. The molecule has 0 fully saturated rings. The Morgan fingerprint density at radius 1 is 1.03 bits per heavy atom. The Balaban J connectivity index is 1.65. The summed E-state index contributed by atoms with van der Waals surface area (Å²) in [5, 5.41) is 8.11. The van der Waals surface area contributed by atoms with Crippen molar-refractivity contribution in [3.8, 4) is 11.5 Å². The van der Waals surface area contributed by atoms with E-state index >= 15 is 0 Å². The minimum Gasteiger partial charge on any atom is -0.495 e. The van der Waals surface area contributed by atoms with Crippen molar-refractivity contribution in [2.75, 3.05) is 43.8 Å². The van der Waals surface area contributed by atoms with Crippen molar-refractivity contribution in [3.63, 3.8) is 0 Å². The van der Waals surface area contributed by atoms with Gasteiger partial charge in [0.05, 0.1) is 35.7 Å². The third kappa shape index (κ3) is 4.54. The first kappa shape index (κ1) is 23.9. The number of anilines is 4. The number of methoxy groups -OCH3 is 2. The van der Waals surface area contributed by atoms with Gasteiger partial charge >= 0.3 is 0 Å². The summed E-state index contributed by atoms with van der Waals surface area (Å²) >= 11 is 14.2. The highest BCUT2D eigenvalue weighted by molar-refractivity contribution is 7.18. The Kier molecular flexibility index (Phi) is 6.97. The second-order valence-electron chi connectivity index (χ2n) is 7.35. The van der Waals surface area contributed by atoms with Gasteiger partial charge in [-0.15, -0.1) is 11.3 Å². The molecule has 0 bridgehead atoms. The molecule has 0 aliphatic carbocycles. The number of aromatic nitrogens is 2. The monoisotopic (exact) mass is 517 g/mol. The van der Waals surface area contributed by atoms with Crippen molar-refractivity contribution in [3.05, 3.63) is 57.6 Å². The Morgan fingerprint density at radius 2 is 1.68 bits per heavy atom. The van der Waals surface area contributed by atoms with Gasteiger partial charge < -0.3 is 25.0 Å². The first-order valence-electron chi connectivity index (χ1n) is 10.0. The van der Waals surface area contributed by atoms with Crippen LogP contribution in [0.15, 0.2) is 42.0 Å². The van der Waals surface area contributed by atoms with Gasteiger partial charge in [-0.05, 0) is 24.3 Å². The molecule has 8 nitrogen and oxygen atoms in total. The quantitative estimate of drug-likeness (QED) is 0.307. The number of rotatable bonds is 7. The van der Waals surface area contributed by atoms with Crippen LogP contribution in [-0.4, -0.2) is 44.2 Å². The van der Waals surface area contributed by atoms with Crippen molar-refractivity contribution in [2.24, 2.45) is 0 Å². The molecular formula is C23H21Cl2N5O3S. The van der Waals surface area contributed by atoms with Crippen LogP contribution >= 0.6 is 34.5 Å². The van der Waals surface area contributed by atoms with E-state index < -0.39 is 5.91 Å². The zero-order valence-corrected chi connectivity index (χ0v) is 21.1. The van der Waals surface area contributed by atoms with Crippen LogP contribution in [0.1, 0.15) is 10.4 Å². The predicted octanol–water partition coefficient (Wildman–Crippen LogP) is 6.08. The fourth-order valence-electron chi connectivity index (χ4n) is 3.26. The van der Waals surface area contributed by atoms with Crippen LogP contribution in [0.2, 0.25) is 10.0 Å². The lowest BCUT2D eigenvalue weighted by Crippen LogP contribution is -2.13. The van der Waals surface area contributed by atoms with Crippen molar-refractivity contribution in [1.82, 2.24) is 9.97 Å². The number of amides is 1. The smallest absolute Gasteiger partial charge is 0.258 e. The Morgan fingerprint density at radius 3 is 2.26 bits per heavy atom. The predicted molar refractivity (Wildman–Crippen MR) is 139 cm³/mol. The maximum Gasteiger partial charge on any atom is 0.258 e. The summed E-state index contributed by atoms with van der Waals surface area (Å²) in [5.41, 5.74) is 3.01. The van der Waals surface area contributed by atoms with Gasteiger partial charge in [0.1, 0.15) is 27.9 Å². The molecule has 0 unspecified atom stereocenters. The number of hydrogen-bond donors (Lipinski definition) is 2. The Labute approximate surface area is 210 Å². The van der Waals surface area contributed by atoms with Crippen LogP contribution in [0.5, 0.6) is 11.5 Å². The topological polar surface area (TPSA) is 88.6 Å². The van der Waals surface area contributed by atoms with Crippen LogP contribution in [0.3, 0.4) is 0 Å². The summed E-state index contributed by atoms with van der Waals surface area (Å²) in [6.07, 6.45) is 1.41. The van der Waals surface area contributed by atoms with E-state index in [9.17, 15) is 4.79 Å². The summed E-state index contributed by atoms with van der Waals surface area (Å²) in [5.74, 6) is 0.820. The van der Waals surface area contributed by atoms with E-state index in [0.29, 0.717) is 28.4 Å². The fourth-order valence-corrected chi connectivity index (χ4v) is 4.80. The molecule has 2 aromatic heterocycles. The van der Waals surface area contributed by atoms with E-state index in [1.165, 1.54) is 31.9 Å². The highest BCUT2D eigenvalue weighted by Crippen LogP contribution is 2.44. The number of nitrogens with zero attached hydrogens (tertiary/aromatic N) is 3. The zero-order chi connectivity index (χ0) is 24.4. The van der Waals surface area contributed by atoms with Gasteiger partial charge in [0.2, 0.25) is 0 Å². The second-order valence-corrected chi connectivity index (χ2v) is 8.99. The van der Waals surface area contributed by atoms with Gasteiger partial charge in [-0.2, -0.15) is 0 Å². The van der Waals surface area contributed by atoms with Crippen LogP contribution in [0, 0.1) is 0 Å². The molecule has 4 aromatic rings. The van der Waals surface area contributed by atoms with E-state index in [2.05, 4.69) is 20.6 Å². The average molecular weight is 518 g/mol. The number of carbonyl (C=O) groups is 1. The molecule has 1 amide bonds. The Bertz CT molecular complexity index is 1330. The van der Waals surface area contributed by atoms with Gasteiger partial charge in [-0.1, -0.05) is 23.2 Å². The standard InChI is InChI=1S/C23H21Cl2N5O3S/c1-30(2)13-7-5-12(6-8-13)28-22-21-19(26-11-27-22)14(10-34-21)23(31)29-20-17(24)15(32-3)9-16(33-4)18(20)25/h5-11H,1-4H3,(H,29,31)(H,26,27,28). The lowest BCUT2D eigenvalue weighted by atomic mass is 10.2. The first-order valence-corrected chi connectivity index (χ1v) is 11.7. The number of fused-ring (bicyclic) bond motifs is 1. The van der Waals surface area contributed by atoms with E-state index in [1.54, 1.807) is 11.4 Å². The molecule has 4 rings (SSSR count). The van der Waals surface area contributed by atoms with E-state index in [1.807, 2.05) is 43.3 Å². The minimum absolute atomic E-state index is 0.166. The summed E-state index contributed by atoms with van der Waals surface area (Å²) in [6, 6.07) is 9.49. The lowest BCUT2D eigenvalue weighted by molar-refractivity contribution is 0.102. The average Bonchev–Trinajstić information content (AvgIpc) is 3.27. The number of halogens is 2. The molecule has 2 N–H and O–H groups in total. The molecule has 0 aliphatic rings. The number of hydrogen-bond acceptors (Lipinski definition) is 8. The van der Waals surface area contributed by atoms with Crippen LogP contribution in [-0.2, 0) is 0 Å². The third-order valence-corrected chi connectivity index (χ3v) is 6.78. The molecule has 0 spiro atoms. The largest absolute Gasteiger partial charge is 0.495 e. The molecule has 34 heavy (non-hydrogen) atoms. The highest BCUT2D eigenvalue weighted by Gasteiger charge is 2.22. The molecule has 176 valence electrons. The van der Waals surface area contributed by atoms with E-state index in [4.69, 9.17) is 32.7 Å². The number of carbonyl (C=O) groups excluding carboxylic acids is 1. The number of ether oxygens (including phenoxy) is 2. The van der Waals surface area contributed by atoms with Crippen molar-refractivity contribution in [2.45, 2.75) is 0 Å². The lowest BCUT2D eigenvalue weighted by Gasteiger charge is -2.15. The number of thiophene rings is 1. The van der Waals surface area contributed by atoms with Gasteiger partial charge in [0, 0.05) is 36.9 Å². The van der Waals surface area contributed by atoms with Gasteiger partial charge in [-0.3, -0.25) is 4.79 Å². The molecule has 11 heteroatoms. The third-order valence-electron chi connectivity index (χ3n) is 5.06. The van der Waals surface area contributed by atoms with E-state index in [-0.39, 0.29) is 15.7 Å². The van der Waals surface area contributed by atoms with Crippen molar-refractivity contribution in [1.29, 1.82) is 0 Å². The Hall–Kier alpha value is -3.27. The van der Waals surface area contributed by atoms with Gasteiger partial charge in [0.25, 0.3) is 5.91 Å². The maximum atomic E-state index is 13.2. The van der Waals surface area contributed by atoms with Crippen molar-refractivity contribution < 1.29 is 14.3 Å². The molecule has 2 heterocycles. The highest BCUT2D eigenvalue weighted by atomic mass is 35.5. The van der Waals surface area contributed by atoms with Crippen LogP contribution in [0.25, 0.3) is 10.2 Å². The molecule has 0 saturated heterocycles. The summed E-state index contributed by atoms with van der Waals surface area (Å²) in [6.45, 7) is 0. The second kappa shape index (κ2) is 9.92. The summed E-state index contributed by atoms with van der Waals surface area (Å²) in [4.78, 5) is 23.9. The number of benzene rings is 2. The molecule has 0 saturated carbocycles. The minimum atomic E-state index is -0.426. The van der Waals surface area contributed by atoms with Crippen molar-refractivity contribution >= 4 is 73.5 Å². The number of nitrogens with one attached hydrogen (secondary N) is 2. The summed E-state index contributed by atoms with van der Waals surface area (Å²) in [7, 11) is 6.89. The molecule has 0 aliphatic heterocycles. The molecule has 2 aromatic carbocycles. The SMILES string of the molecule is COc1cc(OC)c(Cl)c(NC(=O)c2csc3c(Nc4ccc(N(C)C)cc4)ncnc23)c1Cl. The van der Waals surface area contributed by atoms with E-state index in [0.717, 1.165) is 16.1 Å². The summed E-state index contributed by atoms with van der Waals surface area (Å²) < 4.78 is 11.3. The normalized spacial score (nSPS) is 10.8. The molecular weight excluding hydrogens is 497 g/mol. The fraction of sp³-hybridized carbons (Fsp3) is 0.174. The molecule has 0 radical (unpaired) electrons. The van der Waals surface area contributed by atoms with Crippen LogP contribution in [0.4, 0.5) is 22.9 Å². The molecule has 0 atom stereocenters. The zero-order valence-electron chi connectivity index (χ0n) is 18.8. The van der Waals surface area contributed by atoms with Crippen LogP contribution < -0.4 is 25.0 Å². The first-order chi connectivity index (χ1) is 16.3. The van der Waals surface area contributed by atoms with Gasteiger partial charge in [-0.25, -0.2) is 9.97 Å². The van der Waals surface area contributed by atoms with Gasteiger partial charge in [0.15, 0.2) is 5.82 Å².